The van der Waals surface area contributed by atoms with E-state index in [1.807, 2.05) is 13.8 Å². The summed E-state index contributed by atoms with van der Waals surface area (Å²) in [6, 6.07) is 1.67. The molecule has 3 heteroatoms. The Kier molecular flexibility index (Phi) is 4.39. The van der Waals surface area contributed by atoms with E-state index in [4.69, 9.17) is 5.73 Å². The number of aromatic hydroxyl groups is 1. The number of benzene rings is 1. The van der Waals surface area contributed by atoms with Crippen molar-refractivity contribution in [2.75, 3.05) is 0 Å². The highest BCUT2D eigenvalue weighted by Gasteiger charge is 2.18. The minimum Gasteiger partial charge on any atom is -0.508 e. The highest BCUT2D eigenvalue weighted by molar-refractivity contribution is 9.10. The van der Waals surface area contributed by atoms with Crippen molar-refractivity contribution in [3.05, 3.63) is 27.2 Å². The molecule has 0 unspecified atom stereocenters. The predicted molar refractivity (Wildman–Crippen MR) is 71.7 cm³/mol. The molecule has 0 radical (unpaired) electrons. The molecule has 0 heterocycles. The van der Waals surface area contributed by atoms with E-state index in [-0.39, 0.29) is 6.04 Å². The molecular formula is C13H20BrNO. The van der Waals surface area contributed by atoms with Crippen molar-refractivity contribution in [2.45, 2.75) is 40.2 Å². The van der Waals surface area contributed by atoms with Crippen LogP contribution in [-0.4, -0.2) is 5.11 Å². The van der Waals surface area contributed by atoms with Gasteiger partial charge in [0.05, 0.1) is 0 Å². The topological polar surface area (TPSA) is 46.2 Å². The van der Waals surface area contributed by atoms with Crippen molar-refractivity contribution < 1.29 is 5.11 Å². The molecule has 1 rings (SSSR count). The molecule has 1 aromatic carbocycles. The van der Waals surface area contributed by atoms with Crippen molar-refractivity contribution in [1.82, 2.24) is 0 Å². The van der Waals surface area contributed by atoms with Crippen molar-refractivity contribution in [2.24, 2.45) is 11.7 Å². The quantitative estimate of drug-likeness (QED) is 0.887. The fourth-order valence-electron chi connectivity index (χ4n) is 2.05. The third-order valence-electron chi connectivity index (χ3n) is 2.80. The molecule has 0 fully saturated rings. The Morgan fingerprint density at radius 3 is 2.44 bits per heavy atom. The lowest BCUT2D eigenvalue weighted by atomic mass is 9.93. The van der Waals surface area contributed by atoms with E-state index in [9.17, 15) is 5.11 Å². The van der Waals surface area contributed by atoms with Crippen LogP contribution < -0.4 is 5.73 Å². The van der Waals surface area contributed by atoms with Gasteiger partial charge in [0.2, 0.25) is 0 Å². The van der Waals surface area contributed by atoms with Gasteiger partial charge in [-0.15, -0.1) is 0 Å². The second kappa shape index (κ2) is 5.19. The van der Waals surface area contributed by atoms with Crippen LogP contribution in [0.5, 0.6) is 5.75 Å². The number of phenolic OH excluding ortho intramolecular Hbond substituents is 1. The third-order valence-corrected chi connectivity index (χ3v) is 4.02. The Balaban J connectivity index is 3.18. The first-order valence-electron chi connectivity index (χ1n) is 5.58. The molecule has 2 nitrogen and oxygen atoms in total. The monoisotopic (exact) mass is 285 g/mol. The summed E-state index contributed by atoms with van der Waals surface area (Å²) in [5.41, 5.74) is 9.09. The summed E-state index contributed by atoms with van der Waals surface area (Å²) in [7, 11) is 0. The van der Waals surface area contributed by atoms with Gasteiger partial charge in [0.25, 0.3) is 0 Å². The summed E-state index contributed by atoms with van der Waals surface area (Å²) >= 11 is 3.53. The molecule has 0 aliphatic carbocycles. The van der Waals surface area contributed by atoms with Crippen LogP contribution in [0.2, 0.25) is 0 Å². The van der Waals surface area contributed by atoms with Crippen molar-refractivity contribution in [3.8, 4) is 5.75 Å². The van der Waals surface area contributed by atoms with Crippen molar-refractivity contribution in [3.63, 3.8) is 0 Å². The molecule has 0 saturated heterocycles. The molecule has 16 heavy (non-hydrogen) atoms. The first-order valence-corrected chi connectivity index (χ1v) is 6.38. The number of rotatable bonds is 3. The van der Waals surface area contributed by atoms with Crippen LogP contribution in [0.15, 0.2) is 10.5 Å². The summed E-state index contributed by atoms with van der Waals surface area (Å²) in [5.74, 6) is 0.834. The Morgan fingerprint density at radius 1 is 1.38 bits per heavy atom. The van der Waals surface area contributed by atoms with Gasteiger partial charge >= 0.3 is 0 Å². The summed E-state index contributed by atoms with van der Waals surface area (Å²) in [6.45, 7) is 8.23. The molecule has 0 bridgehead atoms. The maximum Gasteiger partial charge on any atom is 0.120 e. The van der Waals surface area contributed by atoms with Gasteiger partial charge in [-0.2, -0.15) is 0 Å². The van der Waals surface area contributed by atoms with Gasteiger partial charge in [0.15, 0.2) is 0 Å². The van der Waals surface area contributed by atoms with E-state index in [0.717, 1.165) is 27.6 Å². The molecule has 0 aliphatic heterocycles. The molecular weight excluding hydrogens is 266 g/mol. The Morgan fingerprint density at radius 2 is 1.94 bits per heavy atom. The average molecular weight is 286 g/mol. The first-order chi connectivity index (χ1) is 7.34. The molecule has 0 amide bonds. The van der Waals surface area contributed by atoms with E-state index < -0.39 is 0 Å². The van der Waals surface area contributed by atoms with Crippen LogP contribution in [0, 0.1) is 19.8 Å². The second-order valence-electron chi connectivity index (χ2n) is 4.80. The predicted octanol–water partition coefficient (Wildman–Crippen LogP) is 3.82. The first kappa shape index (κ1) is 13.5. The Labute approximate surface area is 106 Å². The van der Waals surface area contributed by atoms with Crippen LogP contribution in [0.3, 0.4) is 0 Å². The van der Waals surface area contributed by atoms with Gasteiger partial charge < -0.3 is 10.8 Å². The molecule has 1 atom stereocenters. The van der Waals surface area contributed by atoms with E-state index in [0.29, 0.717) is 11.7 Å². The maximum atomic E-state index is 9.98. The standard InChI is InChI=1S/C13H20BrNO/c1-7(2)5-10(15)12-9(4)13(14)8(3)6-11(12)16/h6-7,10,16H,5,15H2,1-4H3/t10-/m0/s1. The van der Waals surface area contributed by atoms with E-state index >= 15 is 0 Å². The number of hydrogen-bond donors (Lipinski definition) is 2. The van der Waals surface area contributed by atoms with Crippen LogP contribution in [0.25, 0.3) is 0 Å². The molecule has 0 saturated carbocycles. The highest BCUT2D eigenvalue weighted by atomic mass is 79.9. The van der Waals surface area contributed by atoms with Crippen LogP contribution in [0.4, 0.5) is 0 Å². The van der Waals surface area contributed by atoms with Gasteiger partial charge in [-0.1, -0.05) is 29.8 Å². The lowest BCUT2D eigenvalue weighted by Crippen LogP contribution is -2.15. The minimum atomic E-state index is -0.100. The Hall–Kier alpha value is -0.540. The van der Waals surface area contributed by atoms with Gasteiger partial charge in [0.1, 0.15) is 5.75 Å². The van der Waals surface area contributed by atoms with Crippen LogP contribution in [-0.2, 0) is 0 Å². The summed E-state index contributed by atoms with van der Waals surface area (Å²) in [4.78, 5) is 0. The molecule has 0 aliphatic rings. The molecule has 3 N–H and O–H groups in total. The normalized spacial score (nSPS) is 13.2. The Bertz CT molecular complexity index is 388. The zero-order chi connectivity index (χ0) is 12.5. The van der Waals surface area contributed by atoms with Gasteiger partial charge in [-0.3, -0.25) is 0 Å². The number of aryl methyl sites for hydroxylation is 1. The zero-order valence-corrected chi connectivity index (χ0v) is 11.9. The number of phenols is 1. The van der Waals surface area contributed by atoms with Crippen LogP contribution in [0.1, 0.15) is 43.0 Å². The molecule has 90 valence electrons. The molecule has 0 aromatic heterocycles. The summed E-state index contributed by atoms with van der Waals surface area (Å²) in [6.07, 6.45) is 0.879. The van der Waals surface area contributed by atoms with Gasteiger partial charge in [0, 0.05) is 16.1 Å². The van der Waals surface area contributed by atoms with Crippen molar-refractivity contribution >= 4 is 15.9 Å². The van der Waals surface area contributed by atoms with E-state index in [1.165, 1.54) is 0 Å². The largest absolute Gasteiger partial charge is 0.508 e. The SMILES string of the molecule is Cc1cc(O)c([C@@H](N)CC(C)C)c(C)c1Br. The van der Waals surface area contributed by atoms with Crippen LogP contribution >= 0.6 is 15.9 Å². The van der Waals surface area contributed by atoms with E-state index in [2.05, 4.69) is 29.8 Å². The maximum absolute atomic E-state index is 9.98. The second-order valence-corrected chi connectivity index (χ2v) is 5.59. The summed E-state index contributed by atoms with van der Waals surface area (Å²) < 4.78 is 1.04. The van der Waals surface area contributed by atoms with Crippen molar-refractivity contribution in [1.29, 1.82) is 0 Å². The average Bonchev–Trinajstić information content (AvgIpc) is 2.13. The minimum absolute atomic E-state index is 0.100. The van der Waals surface area contributed by atoms with E-state index in [1.54, 1.807) is 6.07 Å². The molecule has 1 aromatic rings. The highest BCUT2D eigenvalue weighted by Crippen LogP contribution is 2.36. The zero-order valence-electron chi connectivity index (χ0n) is 10.3. The van der Waals surface area contributed by atoms with Gasteiger partial charge in [-0.25, -0.2) is 0 Å². The number of nitrogens with two attached hydrogens (primary N) is 1. The molecule has 0 spiro atoms. The third kappa shape index (κ3) is 2.77. The fraction of sp³-hybridized carbons (Fsp3) is 0.538. The lowest BCUT2D eigenvalue weighted by molar-refractivity contribution is 0.443. The van der Waals surface area contributed by atoms with Gasteiger partial charge in [-0.05, 0) is 43.4 Å². The number of halogens is 1. The lowest BCUT2D eigenvalue weighted by Gasteiger charge is -2.20. The smallest absolute Gasteiger partial charge is 0.120 e. The fourth-order valence-corrected chi connectivity index (χ4v) is 2.37. The number of hydrogen-bond acceptors (Lipinski definition) is 2. The summed E-state index contributed by atoms with van der Waals surface area (Å²) in [5, 5.41) is 9.98.